The molecule has 4 rings (SSSR count). The van der Waals surface area contributed by atoms with Gasteiger partial charge in [0.1, 0.15) is 0 Å². The second-order valence-corrected chi connectivity index (χ2v) is 7.46. The van der Waals surface area contributed by atoms with Gasteiger partial charge in [0.05, 0.1) is 11.6 Å². The van der Waals surface area contributed by atoms with Crippen molar-refractivity contribution in [2.45, 2.75) is 31.7 Å². The largest absolute Gasteiger partial charge is 0.504 e. The molecule has 0 unspecified atom stereocenters. The molecule has 0 aliphatic carbocycles. The van der Waals surface area contributed by atoms with E-state index < -0.39 is 11.6 Å². The fraction of sp³-hybridized carbons (Fsp3) is 0.364. The summed E-state index contributed by atoms with van der Waals surface area (Å²) < 4.78 is 13.9. The van der Waals surface area contributed by atoms with E-state index in [0.29, 0.717) is 12.8 Å². The first-order valence-corrected chi connectivity index (χ1v) is 9.72. The summed E-state index contributed by atoms with van der Waals surface area (Å²) in [5, 5.41) is 9.58. The van der Waals surface area contributed by atoms with Crippen LogP contribution >= 0.6 is 0 Å². The summed E-state index contributed by atoms with van der Waals surface area (Å²) in [6.07, 6.45) is 4.51. The lowest BCUT2D eigenvalue weighted by Crippen LogP contribution is -2.30. The van der Waals surface area contributed by atoms with Gasteiger partial charge in [0.2, 0.25) is 0 Å². The molecule has 28 heavy (non-hydrogen) atoms. The number of rotatable bonds is 4. The molecular weight excluding hydrogens is 359 g/mol. The standard InChI is InChI=1S/C22H23FN2O3/c23-19-13-16(12-17(14-26)21(19)27)22(28)25-11-3-4-20(25)15-5-7-18(8-6-15)24-9-1-2-10-24/h5-8,12-14,20,27H,1-4,9-11H2/t20-/m1/s1. The van der Waals surface area contributed by atoms with E-state index in [1.54, 1.807) is 4.90 Å². The van der Waals surface area contributed by atoms with Crippen LogP contribution < -0.4 is 4.90 Å². The molecule has 2 aromatic carbocycles. The number of phenolic OH excluding ortho intramolecular Hbond substituents is 1. The number of hydrogen-bond acceptors (Lipinski definition) is 4. The molecule has 2 heterocycles. The van der Waals surface area contributed by atoms with Gasteiger partial charge in [-0.2, -0.15) is 0 Å². The number of anilines is 1. The first-order chi connectivity index (χ1) is 13.6. The van der Waals surface area contributed by atoms with Crippen LogP contribution in [0.15, 0.2) is 36.4 Å². The van der Waals surface area contributed by atoms with Crippen LogP contribution in [-0.2, 0) is 0 Å². The molecule has 2 aromatic rings. The van der Waals surface area contributed by atoms with Crippen LogP contribution in [-0.4, -0.2) is 41.8 Å². The van der Waals surface area contributed by atoms with Gasteiger partial charge in [0, 0.05) is 30.9 Å². The van der Waals surface area contributed by atoms with Gasteiger partial charge in [-0.05, 0) is 55.5 Å². The Kier molecular flexibility index (Phi) is 5.03. The molecule has 6 heteroatoms. The molecule has 0 saturated carbocycles. The minimum Gasteiger partial charge on any atom is -0.504 e. The van der Waals surface area contributed by atoms with Gasteiger partial charge in [-0.15, -0.1) is 0 Å². The smallest absolute Gasteiger partial charge is 0.254 e. The maximum atomic E-state index is 13.9. The molecule has 1 atom stereocenters. The molecule has 0 spiro atoms. The molecule has 2 saturated heterocycles. The Balaban J connectivity index is 1.57. The van der Waals surface area contributed by atoms with Crippen LogP contribution in [0.4, 0.5) is 10.1 Å². The predicted octanol–water partition coefficient (Wildman–Crippen LogP) is 3.92. The zero-order valence-electron chi connectivity index (χ0n) is 15.6. The van der Waals surface area contributed by atoms with Crippen molar-refractivity contribution in [3.05, 3.63) is 58.9 Å². The zero-order chi connectivity index (χ0) is 19.7. The summed E-state index contributed by atoms with van der Waals surface area (Å²) >= 11 is 0. The Morgan fingerprint density at radius 2 is 1.79 bits per heavy atom. The molecule has 5 nitrogen and oxygen atoms in total. The van der Waals surface area contributed by atoms with Crippen LogP contribution in [0.25, 0.3) is 0 Å². The fourth-order valence-electron chi connectivity index (χ4n) is 4.24. The SMILES string of the molecule is O=Cc1cc(C(=O)N2CCC[C@@H]2c2ccc(N3CCCC3)cc2)cc(F)c1O. The Hall–Kier alpha value is -2.89. The van der Waals surface area contributed by atoms with Crippen molar-refractivity contribution in [2.24, 2.45) is 0 Å². The number of hydrogen-bond donors (Lipinski definition) is 1. The molecule has 2 aliphatic rings. The minimum absolute atomic E-state index is 0.0725. The van der Waals surface area contributed by atoms with Crippen molar-refractivity contribution < 1.29 is 19.1 Å². The van der Waals surface area contributed by atoms with Gasteiger partial charge in [0.25, 0.3) is 5.91 Å². The third-order valence-corrected chi connectivity index (χ3v) is 5.73. The van der Waals surface area contributed by atoms with Crippen molar-refractivity contribution >= 4 is 17.9 Å². The maximum Gasteiger partial charge on any atom is 0.254 e. The van der Waals surface area contributed by atoms with Crippen molar-refractivity contribution in [1.82, 2.24) is 4.90 Å². The van der Waals surface area contributed by atoms with Crippen LogP contribution in [0.5, 0.6) is 5.75 Å². The summed E-state index contributed by atoms with van der Waals surface area (Å²) in [4.78, 5) is 28.1. The average Bonchev–Trinajstić information content (AvgIpc) is 3.41. The molecule has 1 N–H and O–H groups in total. The highest BCUT2D eigenvalue weighted by atomic mass is 19.1. The van der Waals surface area contributed by atoms with Crippen molar-refractivity contribution in [2.75, 3.05) is 24.5 Å². The predicted molar refractivity (Wildman–Crippen MR) is 104 cm³/mol. The highest BCUT2D eigenvalue weighted by molar-refractivity contribution is 5.97. The van der Waals surface area contributed by atoms with Crippen molar-refractivity contribution in [3.8, 4) is 5.75 Å². The molecule has 146 valence electrons. The fourth-order valence-corrected chi connectivity index (χ4v) is 4.24. The summed E-state index contributed by atoms with van der Waals surface area (Å²) in [7, 11) is 0. The molecule has 2 fully saturated rings. The lowest BCUT2D eigenvalue weighted by Gasteiger charge is -2.26. The Morgan fingerprint density at radius 3 is 2.46 bits per heavy atom. The van der Waals surface area contributed by atoms with Gasteiger partial charge in [-0.1, -0.05) is 12.1 Å². The Labute approximate surface area is 163 Å². The number of amides is 1. The van der Waals surface area contributed by atoms with Crippen molar-refractivity contribution in [3.63, 3.8) is 0 Å². The topological polar surface area (TPSA) is 60.9 Å². The number of aromatic hydroxyl groups is 1. The number of carbonyl (C=O) groups is 2. The van der Waals surface area contributed by atoms with E-state index in [9.17, 15) is 19.1 Å². The van der Waals surface area contributed by atoms with Crippen molar-refractivity contribution in [1.29, 1.82) is 0 Å². The minimum atomic E-state index is -0.960. The van der Waals surface area contributed by atoms with E-state index in [-0.39, 0.29) is 23.1 Å². The van der Waals surface area contributed by atoms with Gasteiger partial charge in [-0.25, -0.2) is 4.39 Å². The second-order valence-electron chi connectivity index (χ2n) is 7.46. The Morgan fingerprint density at radius 1 is 1.07 bits per heavy atom. The Bertz CT molecular complexity index is 891. The van der Waals surface area contributed by atoms with Crippen LogP contribution in [0.2, 0.25) is 0 Å². The highest BCUT2D eigenvalue weighted by Crippen LogP contribution is 2.35. The number of phenols is 1. The van der Waals surface area contributed by atoms with Crippen LogP contribution in [0.1, 0.15) is 58.0 Å². The monoisotopic (exact) mass is 382 g/mol. The number of carbonyl (C=O) groups excluding carboxylic acids is 2. The third-order valence-electron chi connectivity index (χ3n) is 5.73. The number of benzene rings is 2. The summed E-state index contributed by atoms with van der Waals surface area (Å²) in [6, 6.07) is 10.5. The molecule has 0 radical (unpaired) electrons. The summed E-state index contributed by atoms with van der Waals surface area (Å²) in [5.41, 5.74) is 2.13. The first-order valence-electron chi connectivity index (χ1n) is 9.72. The van der Waals surface area contributed by atoms with E-state index in [4.69, 9.17) is 0 Å². The molecular formula is C22H23FN2O3. The number of aldehydes is 1. The van der Waals surface area contributed by atoms with Gasteiger partial charge in [-0.3, -0.25) is 9.59 Å². The third kappa shape index (κ3) is 3.35. The summed E-state index contributed by atoms with van der Waals surface area (Å²) in [6.45, 7) is 2.74. The summed E-state index contributed by atoms with van der Waals surface area (Å²) in [5.74, 6) is -2.01. The van der Waals surface area contributed by atoms with E-state index in [2.05, 4.69) is 29.2 Å². The number of halogens is 1. The van der Waals surface area contributed by atoms with Crippen LogP contribution in [0.3, 0.4) is 0 Å². The molecule has 0 aromatic heterocycles. The average molecular weight is 382 g/mol. The molecule has 0 bridgehead atoms. The quantitative estimate of drug-likeness (QED) is 0.814. The molecule has 2 aliphatic heterocycles. The van der Waals surface area contributed by atoms with Gasteiger partial charge >= 0.3 is 0 Å². The van der Waals surface area contributed by atoms with E-state index in [1.807, 2.05) is 0 Å². The van der Waals surface area contributed by atoms with Crippen LogP contribution in [0, 0.1) is 5.82 Å². The first kappa shape index (κ1) is 18.5. The number of likely N-dealkylation sites (tertiary alicyclic amines) is 1. The maximum absolute atomic E-state index is 13.9. The second kappa shape index (κ2) is 7.62. The van der Waals surface area contributed by atoms with E-state index >= 15 is 0 Å². The highest BCUT2D eigenvalue weighted by Gasteiger charge is 2.31. The number of nitrogens with zero attached hydrogens (tertiary/aromatic N) is 2. The molecule has 1 amide bonds. The van der Waals surface area contributed by atoms with E-state index in [0.717, 1.165) is 37.6 Å². The van der Waals surface area contributed by atoms with Gasteiger partial charge in [0.15, 0.2) is 17.9 Å². The van der Waals surface area contributed by atoms with Gasteiger partial charge < -0.3 is 14.9 Å². The normalized spacial score (nSPS) is 19.2. The lowest BCUT2D eigenvalue weighted by molar-refractivity contribution is 0.0735. The zero-order valence-corrected chi connectivity index (χ0v) is 15.6. The lowest BCUT2D eigenvalue weighted by atomic mass is 10.0. The van der Waals surface area contributed by atoms with E-state index in [1.165, 1.54) is 24.6 Å².